The number of rotatable bonds is 9. The number of hydrogen-bond donors (Lipinski definition) is 3. The fourth-order valence-corrected chi connectivity index (χ4v) is 3.85. The molecule has 5 rings (SSSR count). The van der Waals surface area contributed by atoms with E-state index in [1.165, 1.54) is 17.3 Å². The van der Waals surface area contributed by atoms with Gasteiger partial charge in [-0.2, -0.15) is 15.3 Å². The number of carbonyl (C=O) groups excluding carboxylic acids is 2. The summed E-state index contributed by atoms with van der Waals surface area (Å²) in [6, 6.07) is 15.1. The van der Waals surface area contributed by atoms with Crippen molar-refractivity contribution < 1.29 is 9.59 Å². The Bertz CT molecular complexity index is 1550. The summed E-state index contributed by atoms with van der Waals surface area (Å²) in [6.07, 6.45) is 7.06. The molecule has 0 radical (unpaired) electrons. The molecule has 184 valence electrons. The standard InChI is InChI=1S/C26H23N9O2/c1-17-10-18(2-3-19(17)14-35(16-36)15-25(37)32-22-6-9-28-29-13-22)26-27-8-7-24(33-26)31-21-4-5-23-20(11-21)12-30-34-23/h2-13,16H,14-15H2,1H3,(H,30,34)(H,27,31,33)(H,28,32,37). The average molecular weight is 494 g/mol. The Morgan fingerprint density at radius 1 is 1.03 bits per heavy atom. The lowest BCUT2D eigenvalue weighted by atomic mass is 10.0. The van der Waals surface area contributed by atoms with Gasteiger partial charge in [0.15, 0.2) is 5.82 Å². The van der Waals surface area contributed by atoms with E-state index in [4.69, 9.17) is 0 Å². The van der Waals surface area contributed by atoms with E-state index in [1.54, 1.807) is 24.5 Å². The quantitative estimate of drug-likeness (QED) is 0.265. The van der Waals surface area contributed by atoms with Crippen molar-refractivity contribution in [2.24, 2.45) is 0 Å². The second-order valence-corrected chi connectivity index (χ2v) is 8.39. The SMILES string of the molecule is Cc1cc(-c2nccc(Nc3ccc4[nH]ncc4c3)n2)ccc1CN(C=O)CC(=O)Nc1ccnnc1. The van der Waals surface area contributed by atoms with Crippen LogP contribution in [0.5, 0.6) is 0 Å². The first kappa shape index (κ1) is 23.5. The number of benzene rings is 2. The van der Waals surface area contributed by atoms with Crippen molar-refractivity contribution in [3.05, 3.63) is 84.4 Å². The van der Waals surface area contributed by atoms with E-state index in [1.807, 2.05) is 43.3 Å². The molecule has 0 saturated heterocycles. The summed E-state index contributed by atoms with van der Waals surface area (Å²) >= 11 is 0. The van der Waals surface area contributed by atoms with Gasteiger partial charge in [0.05, 0.1) is 36.3 Å². The van der Waals surface area contributed by atoms with Crippen molar-refractivity contribution in [1.29, 1.82) is 0 Å². The fourth-order valence-electron chi connectivity index (χ4n) is 3.85. The highest BCUT2D eigenvalue weighted by Gasteiger charge is 2.13. The van der Waals surface area contributed by atoms with Crippen molar-refractivity contribution in [1.82, 2.24) is 35.3 Å². The first-order valence-electron chi connectivity index (χ1n) is 11.5. The molecule has 0 atom stereocenters. The Labute approximate surface area is 212 Å². The molecule has 0 aliphatic heterocycles. The Morgan fingerprint density at radius 3 is 2.76 bits per heavy atom. The number of anilines is 3. The Morgan fingerprint density at radius 2 is 1.95 bits per heavy atom. The van der Waals surface area contributed by atoms with Crippen LogP contribution < -0.4 is 10.6 Å². The molecule has 11 heteroatoms. The molecule has 5 aromatic rings. The van der Waals surface area contributed by atoms with E-state index in [2.05, 4.69) is 41.0 Å². The highest BCUT2D eigenvalue weighted by molar-refractivity contribution is 5.92. The van der Waals surface area contributed by atoms with Gasteiger partial charge in [-0.05, 0) is 54.4 Å². The van der Waals surface area contributed by atoms with Crippen LogP contribution in [0.15, 0.2) is 73.3 Å². The van der Waals surface area contributed by atoms with Gasteiger partial charge in [-0.3, -0.25) is 14.7 Å². The molecule has 2 aromatic carbocycles. The molecular weight excluding hydrogens is 470 g/mol. The summed E-state index contributed by atoms with van der Waals surface area (Å²) in [5.41, 5.74) is 5.08. The lowest BCUT2D eigenvalue weighted by molar-refractivity contribution is -0.125. The van der Waals surface area contributed by atoms with Gasteiger partial charge < -0.3 is 15.5 Å². The zero-order chi connectivity index (χ0) is 25.6. The second-order valence-electron chi connectivity index (χ2n) is 8.39. The normalized spacial score (nSPS) is 10.7. The van der Waals surface area contributed by atoms with Crippen molar-refractivity contribution in [3.8, 4) is 11.4 Å². The first-order chi connectivity index (χ1) is 18.1. The number of aryl methyl sites for hydroxylation is 1. The number of nitrogens with one attached hydrogen (secondary N) is 3. The summed E-state index contributed by atoms with van der Waals surface area (Å²) in [5.74, 6) is 0.915. The molecule has 0 unspecified atom stereocenters. The average Bonchev–Trinajstić information content (AvgIpc) is 3.38. The minimum Gasteiger partial charge on any atom is -0.340 e. The van der Waals surface area contributed by atoms with Crippen LogP contribution >= 0.6 is 0 Å². The Hall–Kier alpha value is -5.19. The molecule has 11 nitrogen and oxygen atoms in total. The lowest BCUT2D eigenvalue weighted by Gasteiger charge is -2.18. The van der Waals surface area contributed by atoms with Gasteiger partial charge >= 0.3 is 0 Å². The molecule has 3 heterocycles. The third-order valence-corrected chi connectivity index (χ3v) is 5.71. The van der Waals surface area contributed by atoms with Gasteiger partial charge in [0.25, 0.3) is 0 Å². The number of fused-ring (bicyclic) bond motifs is 1. The van der Waals surface area contributed by atoms with Crippen LogP contribution in [0.4, 0.5) is 17.2 Å². The van der Waals surface area contributed by atoms with Crippen LogP contribution in [-0.2, 0) is 16.1 Å². The minimum absolute atomic E-state index is 0.0888. The Balaban J connectivity index is 1.26. The third-order valence-electron chi connectivity index (χ3n) is 5.71. The molecule has 2 amide bonds. The number of aromatic amines is 1. The summed E-state index contributed by atoms with van der Waals surface area (Å²) in [7, 11) is 0. The van der Waals surface area contributed by atoms with E-state index in [0.29, 0.717) is 23.7 Å². The topological polar surface area (TPSA) is 142 Å². The van der Waals surface area contributed by atoms with Crippen LogP contribution in [0.25, 0.3) is 22.3 Å². The molecular formula is C26H23N9O2. The van der Waals surface area contributed by atoms with E-state index >= 15 is 0 Å². The van der Waals surface area contributed by atoms with Gasteiger partial charge in [-0.25, -0.2) is 9.97 Å². The van der Waals surface area contributed by atoms with Gasteiger partial charge in [-0.15, -0.1) is 0 Å². The molecule has 0 saturated carbocycles. The predicted octanol–water partition coefficient (Wildman–Crippen LogP) is 3.46. The Kier molecular flexibility index (Phi) is 6.75. The molecule has 0 spiro atoms. The maximum atomic E-state index is 12.3. The number of H-pyrrole nitrogens is 1. The molecule has 3 N–H and O–H groups in total. The van der Waals surface area contributed by atoms with Crippen LogP contribution in [0.3, 0.4) is 0 Å². The van der Waals surface area contributed by atoms with Gasteiger partial charge in [0, 0.05) is 29.4 Å². The molecule has 0 fully saturated rings. The third kappa shape index (κ3) is 5.73. The maximum Gasteiger partial charge on any atom is 0.244 e. The van der Waals surface area contributed by atoms with Crippen LogP contribution in [-0.4, -0.2) is 54.1 Å². The summed E-state index contributed by atoms with van der Waals surface area (Å²) < 4.78 is 0. The van der Waals surface area contributed by atoms with Crippen molar-refractivity contribution in [2.45, 2.75) is 13.5 Å². The largest absolute Gasteiger partial charge is 0.340 e. The first-order valence-corrected chi connectivity index (χ1v) is 11.5. The molecule has 0 bridgehead atoms. The lowest BCUT2D eigenvalue weighted by Crippen LogP contribution is -2.32. The maximum absolute atomic E-state index is 12.3. The molecule has 37 heavy (non-hydrogen) atoms. The van der Waals surface area contributed by atoms with E-state index in [-0.39, 0.29) is 19.0 Å². The number of hydrogen-bond acceptors (Lipinski definition) is 8. The smallest absolute Gasteiger partial charge is 0.244 e. The van der Waals surface area contributed by atoms with Crippen molar-refractivity contribution in [3.63, 3.8) is 0 Å². The van der Waals surface area contributed by atoms with E-state index in [0.717, 1.165) is 33.3 Å². The number of amides is 2. The number of carbonyl (C=O) groups is 2. The van der Waals surface area contributed by atoms with Crippen molar-refractivity contribution in [2.75, 3.05) is 17.2 Å². The van der Waals surface area contributed by atoms with Crippen molar-refractivity contribution >= 4 is 40.4 Å². The summed E-state index contributed by atoms with van der Waals surface area (Å²) in [5, 5.41) is 21.4. The highest BCUT2D eigenvalue weighted by atomic mass is 16.2. The molecule has 0 aliphatic carbocycles. The van der Waals surface area contributed by atoms with Crippen LogP contribution in [0.2, 0.25) is 0 Å². The highest BCUT2D eigenvalue weighted by Crippen LogP contribution is 2.24. The monoisotopic (exact) mass is 493 g/mol. The summed E-state index contributed by atoms with van der Waals surface area (Å²) in [6.45, 7) is 2.15. The van der Waals surface area contributed by atoms with Crippen LogP contribution in [0.1, 0.15) is 11.1 Å². The zero-order valence-electron chi connectivity index (χ0n) is 19.9. The molecule has 0 aliphatic rings. The predicted molar refractivity (Wildman–Crippen MR) is 139 cm³/mol. The fraction of sp³-hybridized carbons (Fsp3) is 0.115. The van der Waals surface area contributed by atoms with Gasteiger partial charge in [0.2, 0.25) is 12.3 Å². The van der Waals surface area contributed by atoms with Gasteiger partial charge in [0.1, 0.15) is 5.82 Å². The second kappa shape index (κ2) is 10.6. The van der Waals surface area contributed by atoms with E-state index in [9.17, 15) is 9.59 Å². The minimum atomic E-state index is -0.320. The molecule has 3 aromatic heterocycles. The van der Waals surface area contributed by atoms with Crippen LogP contribution in [0, 0.1) is 6.92 Å². The summed E-state index contributed by atoms with van der Waals surface area (Å²) in [4.78, 5) is 34.4. The number of aromatic nitrogens is 6. The van der Waals surface area contributed by atoms with Gasteiger partial charge in [-0.1, -0.05) is 12.1 Å². The zero-order valence-corrected chi connectivity index (χ0v) is 19.9. The number of nitrogens with zero attached hydrogens (tertiary/aromatic N) is 6. The van der Waals surface area contributed by atoms with E-state index < -0.39 is 0 Å².